The highest BCUT2D eigenvalue weighted by atomic mass is 16.4. The quantitative estimate of drug-likeness (QED) is 0.807. The minimum atomic E-state index is -0.962. The zero-order valence-corrected chi connectivity index (χ0v) is 11.0. The third kappa shape index (κ3) is 3.91. The van der Waals surface area contributed by atoms with Crippen LogP contribution in [0.3, 0.4) is 0 Å². The summed E-state index contributed by atoms with van der Waals surface area (Å²) in [5, 5.41) is 11.6. The van der Waals surface area contributed by atoms with Crippen LogP contribution in [0.4, 0.5) is 0 Å². The van der Waals surface area contributed by atoms with Crippen LogP contribution in [0.25, 0.3) is 0 Å². The van der Waals surface area contributed by atoms with Crippen LogP contribution in [0.1, 0.15) is 31.3 Å². The van der Waals surface area contributed by atoms with Crippen molar-refractivity contribution in [2.24, 2.45) is 11.8 Å². The summed E-state index contributed by atoms with van der Waals surface area (Å²) < 4.78 is 1.43. The van der Waals surface area contributed by atoms with Gasteiger partial charge in [0.05, 0.1) is 0 Å². The molecule has 0 saturated carbocycles. The maximum absolute atomic E-state index is 11.9. The number of rotatable bonds is 6. The number of aliphatic carboxylic acids is 1. The lowest BCUT2D eigenvalue weighted by Gasteiger charge is -2.16. The Balaban J connectivity index is 2.62. The van der Waals surface area contributed by atoms with Crippen LogP contribution < -0.4 is 5.32 Å². The number of nitrogens with one attached hydrogen (secondary N) is 1. The molecule has 5 heteroatoms. The van der Waals surface area contributed by atoms with Crippen molar-refractivity contribution in [2.75, 3.05) is 6.54 Å². The highest BCUT2D eigenvalue weighted by Gasteiger charge is 2.14. The second-order valence-electron chi connectivity index (χ2n) is 4.85. The number of nitrogens with zero attached hydrogens (tertiary/aromatic N) is 1. The zero-order chi connectivity index (χ0) is 13.7. The van der Waals surface area contributed by atoms with Crippen molar-refractivity contribution in [2.45, 2.75) is 27.3 Å². The van der Waals surface area contributed by atoms with Crippen molar-refractivity contribution in [3.05, 3.63) is 24.0 Å². The average molecular weight is 252 g/mol. The SMILES string of the molecule is CC(C)C(C)CNC(=O)c1cccn1CC(=O)O. The van der Waals surface area contributed by atoms with Gasteiger partial charge in [0.2, 0.25) is 0 Å². The van der Waals surface area contributed by atoms with Gasteiger partial charge in [0.25, 0.3) is 5.91 Å². The molecule has 1 aromatic heterocycles. The summed E-state index contributed by atoms with van der Waals surface area (Å²) in [6, 6.07) is 3.29. The Morgan fingerprint density at radius 3 is 2.61 bits per heavy atom. The van der Waals surface area contributed by atoms with Crippen molar-refractivity contribution in [3.8, 4) is 0 Å². The smallest absolute Gasteiger partial charge is 0.323 e. The molecule has 18 heavy (non-hydrogen) atoms. The summed E-state index contributed by atoms with van der Waals surface area (Å²) >= 11 is 0. The van der Waals surface area contributed by atoms with Crippen LogP contribution >= 0.6 is 0 Å². The van der Waals surface area contributed by atoms with Gasteiger partial charge in [-0.1, -0.05) is 20.8 Å². The van der Waals surface area contributed by atoms with E-state index in [0.29, 0.717) is 24.1 Å². The molecular weight excluding hydrogens is 232 g/mol. The largest absolute Gasteiger partial charge is 0.480 e. The maximum atomic E-state index is 11.9. The summed E-state index contributed by atoms with van der Waals surface area (Å²) in [5.41, 5.74) is 0.383. The highest BCUT2D eigenvalue weighted by Crippen LogP contribution is 2.08. The number of hydrogen-bond acceptors (Lipinski definition) is 2. The molecule has 0 aliphatic carbocycles. The molecule has 0 saturated heterocycles. The monoisotopic (exact) mass is 252 g/mol. The Morgan fingerprint density at radius 2 is 2.06 bits per heavy atom. The number of carboxylic acid groups (broad SMARTS) is 1. The zero-order valence-electron chi connectivity index (χ0n) is 11.0. The lowest BCUT2D eigenvalue weighted by Crippen LogP contribution is -2.31. The molecule has 1 heterocycles. The first-order valence-corrected chi connectivity index (χ1v) is 6.07. The predicted molar refractivity (Wildman–Crippen MR) is 68.4 cm³/mol. The van der Waals surface area contributed by atoms with Crippen LogP contribution in [-0.2, 0) is 11.3 Å². The Hall–Kier alpha value is -1.78. The second-order valence-corrected chi connectivity index (χ2v) is 4.85. The van der Waals surface area contributed by atoms with Gasteiger partial charge in [0.15, 0.2) is 0 Å². The van der Waals surface area contributed by atoms with E-state index in [2.05, 4.69) is 26.1 Å². The van der Waals surface area contributed by atoms with E-state index in [9.17, 15) is 9.59 Å². The third-order valence-electron chi connectivity index (χ3n) is 3.09. The minimum Gasteiger partial charge on any atom is -0.480 e. The predicted octanol–water partition coefficient (Wildman–Crippen LogP) is 1.59. The van der Waals surface area contributed by atoms with Crippen LogP contribution in [0.2, 0.25) is 0 Å². The molecule has 100 valence electrons. The van der Waals surface area contributed by atoms with Crippen molar-refractivity contribution < 1.29 is 14.7 Å². The first-order valence-electron chi connectivity index (χ1n) is 6.07. The molecule has 0 aliphatic heterocycles. The van der Waals surface area contributed by atoms with Crippen LogP contribution in [0.5, 0.6) is 0 Å². The number of amides is 1. The third-order valence-corrected chi connectivity index (χ3v) is 3.09. The normalized spacial score (nSPS) is 12.4. The first kappa shape index (κ1) is 14.3. The van der Waals surface area contributed by atoms with Crippen LogP contribution in [0, 0.1) is 11.8 Å². The topological polar surface area (TPSA) is 71.3 Å². The van der Waals surface area contributed by atoms with Gasteiger partial charge >= 0.3 is 5.97 Å². The fraction of sp³-hybridized carbons (Fsp3) is 0.538. The summed E-state index contributed by atoms with van der Waals surface area (Å²) in [6.45, 7) is 6.67. The van der Waals surface area contributed by atoms with Crippen LogP contribution in [-0.4, -0.2) is 28.1 Å². The number of hydrogen-bond donors (Lipinski definition) is 2. The van der Waals surface area contributed by atoms with E-state index >= 15 is 0 Å². The molecule has 1 amide bonds. The Morgan fingerprint density at radius 1 is 1.39 bits per heavy atom. The molecule has 0 bridgehead atoms. The molecule has 5 nitrogen and oxygen atoms in total. The van der Waals surface area contributed by atoms with Crippen molar-refractivity contribution >= 4 is 11.9 Å². The van der Waals surface area contributed by atoms with Gasteiger partial charge in [-0.25, -0.2) is 0 Å². The van der Waals surface area contributed by atoms with E-state index in [1.807, 2.05) is 0 Å². The Labute approximate surface area is 107 Å². The van der Waals surface area contributed by atoms with E-state index in [-0.39, 0.29) is 12.5 Å². The lowest BCUT2D eigenvalue weighted by atomic mass is 9.98. The molecule has 2 N–H and O–H groups in total. The van der Waals surface area contributed by atoms with Gasteiger partial charge < -0.3 is 15.0 Å². The lowest BCUT2D eigenvalue weighted by molar-refractivity contribution is -0.137. The molecule has 1 aromatic rings. The average Bonchev–Trinajstić information content (AvgIpc) is 2.72. The van der Waals surface area contributed by atoms with Gasteiger partial charge in [-0.3, -0.25) is 9.59 Å². The number of carboxylic acids is 1. The molecular formula is C13H20N2O3. The summed E-state index contributed by atoms with van der Waals surface area (Å²) in [6.07, 6.45) is 1.59. The van der Waals surface area contributed by atoms with Crippen molar-refractivity contribution in [1.82, 2.24) is 9.88 Å². The molecule has 1 atom stereocenters. The number of carbonyl (C=O) groups is 2. The Bertz CT molecular complexity index is 424. The van der Waals surface area contributed by atoms with E-state index in [0.717, 1.165) is 0 Å². The molecule has 0 spiro atoms. The maximum Gasteiger partial charge on any atom is 0.323 e. The van der Waals surface area contributed by atoms with E-state index in [4.69, 9.17) is 5.11 Å². The van der Waals surface area contributed by atoms with Crippen LogP contribution in [0.15, 0.2) is 18.3 Å². The van der Waals surface area contributed by atoms with E-state index in [1.165, 1.54) is 4.57 Å². The minimum absolute atomic E-state index is 0.199. The second kappa shape index (κ2) is 6.23. The summed E-state index contributed by atoms with van der Waals surface area (Å²) in [5.74, 6) is -0.308. The molecule has 0 fully saturated rings. The molecule has 1 rings (SSSR count). The van der Waals surface area contributed by atoms with Gasteiger partial charge in [0, 0.05) is 12.7 Å². The summed E-state index contributed by atoms with van der Waals surface area (Å²) in [7, 11) is 0. The van der Waals surface area contributed by atoms with Crippen molar-refractivity contribution in [3.63, 3.8) is 0 Å². The fourth-order valence-electron chi connectivity index (χ4n) is 1.48. The summed E-state index contributed by atoms with van der Waals surface area (Å²) in [4.78, 5) is 22.6. The highest BCUT2D eigenvalue weighted by molar-refractivity contribution is 5.93. The first-order chi connectivity index (χ1) is 8.41. The van der Waals surface area contributed by atoms with Crippen molar-refractivity contribution in [1.29, 1.82) is 0 Å². The molecule has 0 aromatic carbocycles. The fourth-order valence-corrected chi connectivity index (χ4v) is 1.48. The molecule has 0 aliphatic rings. The Kier molecular flexibility index (Phi) is 4.95. The van der Waals surface area contributed by atoms with Gasteiger partial charge in [0.1, 0.15) is 12.2 Å². The van der Waals surface area contributed by atoms with E-state index < -0.39 is 5.97 Å². The standard InChI is InChI=1S/C13H20N2O3/c1-9(2)10(3)7-14-13(18)11-5-4-6-15(11)8-12(16)17/h4-6,9-10H,7-8H2,1-3H3,(H,14,18)(H,16,17). The van der Waals surface area contributed by atoms with Gasteiger partial charge in [-0.2, -0.15) is 0 Å². The molecule has 1 unspecified atom stereocenters. The molecule has 0 radical (unpaired) electrons. The number of aromatic nitrogens is 1. The van der Waals surface area contributed by atoms with E-state index in [1.54, 1.807) is 18.3 Å². The number of carbonyl (C=O) groups excluding carboxylic acids is 1. The van der Waals surface area contributed by atoms with Gasteiger partial charge in [-0.05, 0) is 24.0 Å². The van der Waals surface area contributed by atoms with Gasteiger partial charge in [-0.15, -0.1) is 0 Å².